The van der Waals surface area contributed by atoms with Crippen LogP contribution in [0.15, 0.2) is 24.3 Å². The minimum atomic E-state index is -0.218. The van der Waals surface area contributed by atoms with Crippen molar-refractivity contribution < 1.29 is 5.11 Å². The van der Waals surface area contributed by atoms with Crippen molar-refractivity contribution in [3.63, 3.8) is 0 Å². The van der Waals surface area contributed by atoms with Gasteiger partial charge in [-0.2, -0.15) is 0 Å². The van der Waals surface area contributed by atoms with Gasteiger partial charge < -0.3 is 10.8 Å². The lowest BCUT2D eigenvalue weighted by Crippen LogP contribution is -2.25. The highest BCUT2D eigenvalue weighted by atomic mass is 16.3. The fourth-order valence-electron chi connectivity index (χ4n) is 2.63. The van der Waals surface area contributed by atoms with Crippen molar-refractivity contribution in [3.05, 3.63) is 29.8 Å². The van der Waals surface area contributed by atoms with Gasteiger partial charge in [0.1, 0.15) is 0 Å². The first-order chi connectivity index (χ1) is 7.77. The largest absolute Gasteiger partial charge is 0.399 e. The Morgan fingerprint density at radius 1 is 1.19 bits per heavy atom. The predicted molar refractivity (Wildman–Crippen MR) is 67.1 cm³/mol. The second kappa shape index (κ2) is 5.35. The van der Waals surface area contributed by atoms with Crippen LogP contribution < -0.4 is 5.73 Å². The molecule has 0 aliphatic heterocycles. The predicted octanol–water partition coefficient (Wildman–Crippen LogP) is 2.75. The molecular weight excluding hydrogens is 198 g/mol. The Hall–Kier alpha value is -1.02. The first kappa shape index (κ1) is 11.5. The summed E-state index contributed by atoms with van der Waals surface area (Å²) >= 11 is 0. The Labute approximate surface area is 97.5 Å². The topological polar surface area (TPSA) is 46.2 Å². The Morgan fingerprint density at radius 3 is 2.56 bits per heavy atom. The highest BCUT2D eigenvalue weighted by Crippen LogP contribution is 2.28. The molecule has 88 valence electrons. The summed E-state index contributed by atoms with van der Waals surface area (Å²) in [6.07, 6.45) is 6.71. The van der Waals surface area contributed by atoms with Crippen molar-refractivity contribution in [2.75, 3.05) is 5.73 Å². The first-order valence-corrected chi connectivity index (χ1v) is 6.29. The first-order valence-electron chi connectivity index (χ1n) is 6.29. The van der Waals surface area contributed by atoms with Gasteiger partial charge in [0.05, 0.1) is 6.10 Å². The van der Waals surface area contributed by atoms with Gasteiger partial charge in [-0.1, -0.05) is 37.5 Å². The lowest BCUT2D eigenvalue weighted by atomic mass is 9.83. The molecule has 1 saturated carbocycles. The van der Waals surface area contributed by atoms with Crippen molar-refractivity contribution >= 4 is 5.69 Å². The Balaban J connectivity index is 1.96. The van der Waals surface area contributed by atoms with Crippen LogP contribution >= 0.6 is 0 Å². The highest BCUT2D eigenvalue weighted by molar-refractivity contribution is 5.46. The normalized spacial score (nSPS) is 19.6. The summed E-state index contributed by atoms with van der Waals surface area (Å²) in [6.45, 7) is 0. The average Bonchev–Trinajstić information content (AvgIpc) is 2.33. The van der Waals surface area contributed by atoms with Crippen molar-refractivity contribution in [2.24, 2.45) is 5.92 Å². The molecule has 0 saturated heterocycles. The molecule has 1 unspecified atom stereocenters. The molecule has 0 radical (unpaired) electrons. The molecule has 2 heteroatoms. The summed E-state index contributed by atoms with van der Waals surface area (Å²) < 4.78 is 0. The van der Waals surface area contributed by atoms with E-state index in [1.807, 2.05) is 24.3 Å². The monoisotopic (exact) mass is 219 g/mol. The van der Waals surface area contributed by atoms with Crippen molar-refractivity contribution in [1.82, 2.24) is 0 Å². The molecule has 3 N–H and O–H groups in total. The van der Waals surface area contributed by atoms with Gasteiger partial charge in [0.2, 0.25) is 0 Å². The summed E-state index contributed by atoms with van der Waals surface area (Å²) in [4.78, 5) is 0. The van der Waals surface area contributed by atoms with E-state index in [2.05, 4.69) is 0 Å². The van der Waals surface area contributed by atoms with Crippen molar-refractivity contribution in [1.29, 1.82) is 0 Å². The zero-order valence-corrected chi connectivity index (χ0v) is 9.73. The van der Waals surface area contributed by atoms with Crippen molar-refractivity contribution in [3.8, 4) is 0 Å². The van der Waals surface area contributed by atoms with Crippen LogP contribution in [0.4, 0.5) is 5.69 Å². The number of hydrogen-bond acceptors (Lipinski definition) is 2. The van der Waals surface area contributed by atoms with Crippen LogP contribution in [0.2, 0.25) is 0 Å². The molecule has 0 spiro atoms. The van der Waals surface area contributed by atoms with E-state index in [0.717, 1.165) is 11.3 Å². The fourth-order valence-corrected chi connectivity index (χ4v) is 2.63. The number of nitrogens with two attached hydrogens (primary N) is 1. The van der Waals surface area contributed by atoms with Crippen LogP contribution in [0.3, 0.4) is 0 Å². The number of aliphatic hydroxyl groups is 1. The van der Waals surface area contributed by atoms with Gasteiger partial charge in [0.15, 0.2) is 0 Å². The van der Waals surface area contributed by atoms with E-state index in [9.17, 15) is 5.11 Å². The summed E-state index contributed by atoms with van der Waals surface area (Å²) in [7, 11) is 0. The third-order valence-corrected chi connectivity index (χ3v) is 3.68. The smallest absolute Gasteiger partial charge is 0.0609 e. The Morgan fingerprint density at radius 2 is 1.88 bits per heavy atom. The van der Waals surface area contributed by atoms with Crippen LogP contribution in [-0.2, 0) is 6.42 Å². The van der Waals surface area contributed by atoms with Crippen LogP contribution in [0.1, 0.15) is 37.7 Å². The van der Waals surface area contributed by atoms with Gasteiger partial charge in [0.25, 0.3) is 0 Å². The van der Waals surface area contributed by atoms with E-state index in [0.29, 0.717) is 12.3 Å². The minimum Gasteiger partial charge on any atom is -0.399 e. The molecule has 1 aromatic rings. The lowest BCUT2D eigenvalue weighted by molar-refractivity contribution is 0.0852. The summed E-state index contributed by atoms with van der Waals surface area (Å²) in [5.74, 6) is 0.480. The number of anilines is 1. The third-order valence-electron chi connectivity index (χ3n) is 3.68. The number of benzene rings is 1. The second-order valence-electron chi connectivity index (χ2n) is 4.87. The van der Waals surface area contributed by atoms with Crippen LogP contribution in [0, 0.1) is 5.92 Å². The maximum atomic E-state index is 10.2. The lowest BCUT2D eigenvalue weighted by Gasteiger charge is -2.26. The molecule has 0 aromatic heterocycles. The molecule has 2 rings (SSSR count). The fraction of sp³-hybridized carbons (Fsp3) is 0.571. The number of rotatable bonds is 3. The molecule has 0 heterocycles. The van der Waals surface area contributed by atoms with Gasteiger partial charge in [-0.3, -0.25) is 0 Å². The molecule has 0 bridgehead atoms. The average molecular weight is 219 g/mol. The minimum absolute atomic E-state index is 0.218. The van der Waals surface area contributed by atoms with E-state index in [-0.39, 0.29) is 6.10 Å². The van der Waals surface area contributed by atoms with Gasteiger partial charge in [0, 0.05) is 12.1 Å². The van der Waals surface area contributed by atoms with Gasteiger partial charge in [-0.05, 0) is 30.4 Å². The summed E-state index contributed by atoms with van der Waals surface area (Å²) in [5.41, 5.74) is 7.77. The Kier molecular flexibility index (Phi) is 3.83. The molecule has 0 amide bonds. The maximum Gasteiger partial charge on any atom is 0.0609 e. The molecule has 1 fully saturated rings. The van der Waals surface area contributed by atoms with Crippen LogP contribution in [0.25, 0.3) is 0 Å². The number of para-hydroxylation sites is 1. The van der Waals surface area contributed by atoms with E-state index in [1.54, 1.807) is 0 Å². The van der Waals surface area contributed by atoms with E-state index < -0.39 is 0 Å². The van der Waals surface area contributed by atoms with Gasteiger partial charge >= 0.3 is 0 Å². The third kappa shape index (κ3) is 2.76. The zero-order chi connectivity index (χ0) is 11.4. The van der Waals surface area contributed by atoms with E-state index >= 15 is 0 Å². The number of aliphatic hydroxyl groups excluding tert-OH is 1. The highest BCUT2D eigenvalue weighted by Gasteiger charge is 2.22. The number of hydrogen-bond donors (Lipinski definition) is 2. The maximum absolute atomic E-state index is 10.2. The molecule has 1 aliphatic rings. The molecule has 1 aliphatic carbocycles. The molecule has 2 nitrogen and oxygen atoms in total. The second-order valence-corrected chi connectivity index (χ2v) is 4.87. The van der Waals surface area contributed by atoms with E-state index in [4.69, 9.17) is 5.73 Å². The number of nitrogen functional groups attached to an aromatic ring is 1. The van der Waals surface area contributed by atoms with Crippen molar-refractivity contribution in [2.45, 2.75) is 44.6 Å². The molecule has 1 aromatic carbocycles. The van der Waals surface area contributed by atoms with Gasteiger partial charge in [-0.25, -0.2) is 0 Å². The summed E-state index contributed by atoms with van der Waals surface area (Å²) in [6, 6.07) is 7.84. The molecular formula is C14H21NO. The standard InChI is InChI=1S/C14H21NO/c15-13-9-5-4-8-12(13)10-14(16)11-6-2-1-3-7-11/h4-5,8-9,11,14,16H,1-3,6-7,10,15H2. The Bertz CT molecular complexity index is 331. The quantitative estimate of drug-likeness (QED) is 0.768. The van der Waals surface area contributed by atoms with Gasteiger partial charge in [-0.15, -0.1) is 0 Å². The van der Waals surface area contributed by atoms with Crippen LogP contribution in [0.5, 0.6) is 0 Å². The molecule has 16 heavy (non-hydrogen) atoms. The zero-order valence-electron chi connectivity index (χ0n) is 9.73. The SMILES string of the molecule is Nc1ccccc1CC(O)C1CCCCC1. The van der Waals surface area contributed by atoms with E-state index in [1.165, 1.54) is 32.1 Å². The van der Waals surface area contributed by atoms with Crippen LogP contribution in [-0.4, -0.2) is 11.2 Å². The summed E-state index contributed by atoms with van der Waals surface area (Å²) in [5, 5.41) is 10.2. The molecule has 1 atom stereocenters.